The summed E-state index contributed by atoms with van der Waals surface area (Å²) < 4.78 is 59.8. The van der Waals surface area contributed by atoms with Gasteiger partial charge in [-0.3, -0.25) is 0 Å². The Kier molecular flexibility index (Phi) is 6.47. The standard InChI is InChI=1S/C10H15ClN.CHF3O3S/c1-12(2,3)8-9-4-6-10(11)7-5-9;2-1(3,4)8(5,6)7/h4-7H,8H2,1-3H3;(H,5,6,7)/q+1;/p-1. The van der Waals surface area contributed by atoms with Crippen LogP contribution >= 0.6 is 11.6 Å². The summed E-state index contributed by atoms with van der Waals surface area (Å²) in [7, 11) is 0.435. The van der Waals surface area contributed by atoms with Crippen molar-refractivity contribution in [1.82, 2.24) is 0 Å². The number of alkyl halides is 3. The van der Waals surface area contributed by atoms with Gasteiger partial charge in [-0.15, -0.1) is 0 Å². The molecule has 0 amide bonds. The molecule has 0 aliphatic carbocycles. The fourth-order valence-electron chi connectivity index (χ4n) is 1.14. The van der Waals surface area contributed by atoms with E-state index in [-0.39, 0.29) is 0 Å². The molecule has 0 saturated carbocycles. The van der Waals surface area contributed by atoms with Gasteiger partial charge in [0.05, 0.1) is 21.1 Å². The molecule has 0 radical (unpaired) electrons. The molecule has 0 heterocycles. The SMILES string of the molecule is C[N+](C)(C)Cc1ccc(Cl)cc1.O=S(=O)([O-])C(F)(F)F. The smallest absolute Gasteiger partial charge is 0.485 e. The average molecular weight is 334 g/mol. The second-order valence-electron chi connectivity index (χ2n) is 4.97. The van der Waals surface area contributed by atoms with Crippen LogP contribution < -0.4 is 0 Å². The van der Waals surface area contributed by atoms with Crippen molar-refractivity contribution in [3.8, 4) is 0 Å². The van der Waals surface area contributed by atoms with Gasteiger partial charge in [0.15, 0.2) is 10.1 Å². The normalized spacial score (nSPS) is 12.6. The Morgan fingerprint density at radius 2 is 1.50 bits per heavy atom. The summed E-state index contributed by atoms with van der Waals surface area (Å²) >= 11 is 5.78. The third kappa shape index (κ3) is 8.36. The van der Waals surface area contributed by atoms with Crippen molar-refractivity contribution in [2.45, 2.75) is 12.1 Å². The molecule has 0 saturated heterocycles. The van der Waals surface area contributed by atoms with E-state index in [1.807, 2.05) is 12.1 Å². The second kappa shape index (κ2) is 6.75. The highest BCUT2D eigenvalue weighted by atomic mass is 35.5. The molecule has 0 spiro atoms. The zero-order valence-electron chi connectivity index (χ0n) is 11.1. The Morgan fingerprint density at radius 3 is 1.75 bits per heavy atom. The van der Waals surface area contributed by atoms with E-state index in [0.717, 1.165) is 16.1 Å². The molecule has 1 aromatic rings. The summed E-state index contributed by atoms with van der Waals surface area (Å²) in [5, 5.41) is 0.806. The summed E-state index contributed by atoms with van der Waals surface area (Å²) in [6.45, 7) is 1.04. The van der Waals surface area contributed by atoms with Crippen LogP contribution in [0.2, 0.25) is 5.02 Å². The Morgan fingerprint density at radius 1 is 1.15 bits per heavy atom. The van der Waals surface area contributed by atoms with Gasteiger partial charge < -0.3 is 9.04 Å². The van der Waals surface area contributed by atoms with Gasteiger partial charge in [-0.25, -0.2) is 8.42 Å². The molecule has 0 aliphatic rings. The Labute approximate surface area is 121 Å². The van der Waals surface area contributed by atoms with Crippen molar-refractivity contribution >= 4 is 21.7 Å². The first-order chi connectivity index (χ1) is 8.72. The third-order valence-electron chi connectivity index (χ3n) is 1.85. The lowest BCUT2D eigenvalue weighted by Crippen LogP contribution is -2.33. The van der Waals surface area contributed by atoms with E-state index in [4.69, 9.17) is 24.6 Å². The summed E-state index contributed by atoms with van der Waals surface area (Å²) in [5.41, 5.74) is -4.32. The van der Waals surface area contributed by atoms with E-state index >= 15 is 0 Å². The van der Waals surface area contributed by atoms with E-state index in [2.05, 4.69) is 33.3 Å². The first-order valence-electron chi connectivity index (χ1n) is 5.29. The number of hydrogen-bond acceptors (Lipinski definition) is 3. The largest absolute Gasteiger partial charge is 0.741 e. The maximum absolute atomic E-state index is 10.7. The average Bonchev–Trinajstić information content (AvgIpc) is 2.17. The van der Waals surface area contributed by atoms with Crippen molar-refractivity contribution in [2.24, 2.45) is 0 Å². The van der Waals surface area contributed by atoms with Crippen LogP contribution in [0.4, 0.5) is 13.2 Å². The summed E-state index contributed by atoms with van der Waals surface area (Å²) in [6.07, 6.45) is 0. The molecule has 4 nitrogen and oxygen atoms in total. The van der Waals surface area contributed by atoms with Gasteiger partial charge in [0, 0.05) is 10.6 Å². The molecule has 9 heteroatoms. The molecular formula is C11H15ClF3NO3S. The van der Waals surface area contributed by atoms with E-state index in [9.17, 15) is 13.2 Å². The molecule has 20 heavy (non-hydrogen) atoms. The molecule has 0 N–H and O–H groups in total. The molecular weight excluding hydrogens is 319 g/mol. The van der Waals surface area contributed by atoms with Crippen LogP contribution in [0.1, 0.15) is 5.56 Å². The molecule has 0 aliphatic heterocycles. The van der Waals surface area contributed by atoms with E-state index in [1.54, 1.807) is 0 Å². The summed E-state index contributed by atoms with van der Waals surface area (Å²) in [6, 6.07) is 8.02. The highest BCUT2D eigenvalue weighted by Gasteiger charge is 2.36. The number of rotatable bonds is 2. The maximum atomic E-state index is 10.7. The minimum absolute atomic E-state index is 0.806. The lowest BCUT2D eigenvalue weighted by Gasteiger charge is -2.23. The van der Waals surface area contributed by atoms with Crippen molar-refractivity contribution in [1.29, 1.82) is 0 Å². The van der Waals surface area contributed by atoms with Gasteiger partial charge in [-0.05, 0) is 12.1 Å². The van der Waals surface area contributed by atoms with Crippen molar-refractivity contribution < 1.29 is 30.6 Å². The lowest BCUT2D eigenvalue weighted by molar-refractivity contribution is -0.884. The molecule has 116 valence electrons. The number of quaternary nitrogens is 1. The van der Waals surface area contributed by atoms with Crippen LogP contribution in [0.3, 0.4) is 0 Å². The topological polar surface area (TPSA) is 57.2 Å². The molecule has 0 atom stereocenters. The minimum atomic E-state index is -6.09. The highest BCUT2D eigenvalue weighted by molar-refractivity contribution is 7.86. The van der Waals surface area contributed by atoms with Gasteiger partial charge in [0.1, 0.15) is 6.54 Å². The lowest BCUT2D eigenvalue weighted by atomic mass is 10.2. The van der Waals surface area contributed by atoms with Crippen LogP contribution in [0.15, 0.2) is 24.3 Å². The fraction of sp³-hybridized carbons (Fsp3) is 0.455. The van der Waals surface area contributed by atoms with Crippen LogP contribution in [0, 0.1) is 0 Å². The van der Waals surface area contributed by atoms with Gasteiger partial charge in [-0.2, -0.15) is 13.2 Å². The van der Waals surface area contributed by atoms with Crippen molar-refractivity contribution in [2.75, 3.05) is 21.1 Å². The molecule has 0 unspecified atom stereocenters. The predicted octanol–water partition coefficient (Wildman–Crippen LogP) is 2.60. The number of halogens is 4. The van der Waals surface area contributed by atoms with Crippen molar-refractivity contribution in [3.05, 3.63) is 34.9 Å². The Bertz CT molecular complexity index is 521. The van der Waals surface area contributed by atoms with Gasteiger partial charge in [0.25, 0.3) is 0 Å². The number of hydrogen-bond donors (Lipinski definition) is 0. The molecule has 1 rings (SSSR count). The quantitative estimate of drug-likeness (QED) is 0.475. The molecule has 1 aromatic carbocycles. The molecule has 0 aromatic heterocycles. The zero-order valence-corrected chi connectivity index (χ0v) is 12.7. The van der Waals surface area contributed by atoms with Crippen LogP contribution in [-0.2, 0) is 16.7 Å². The van der Waals surface area contributed by atoms with Crippen LogP contribution in [0.5, 0.6) is 0 Å². The van der Waals surface area contributed by atoms with Crippen molar-refractivity contribution in [3.63, 3.8) is 0 Å². The fourth-order valence-corrected chi connectivity index (χ4v) is 1.26. The maximum Gasteiger partial charge on any atom is 0.485 e. The summed E-state index contributed by atoms with van der Waals surface area (Å²) in [5.74, 6) is 0. The summed E-state index contributed by atoms with van der Waals surface area (Å²) in [4.78, 5) is 0. The van der Waals surface area contributed by atoms with Crippen LogP contribution in [-0.4, -0.2) is 44.1 Å². The van der Waals surface area contributed by atoms with E-state index in [0.29, 0.717) is 0 Å². The first-order valence-corrected chi connectivity index (χ1v) is 7.08. The predicted molar refractivity (Wildman–Crippen MR) is 68.9 cm³/mol. The van der Waals surface area contributed by atoms with Gasteiger partial charge in [-0.1, -0.05) is 23.7 Å². The van der Waals surface area contributed by atoms with E-state index in [1.165, 1.54) is 5.56 Å². The minimum Gasteiger partial charge on any atom is -0.741 e. The first kappa shape index (κ1) is 19.2. The van der Waals surface area contributed by atoms with Gasteiger partial charge >= 0.3 is 5.51 Å². The van der Waals surface area contributed by atoms with E-state index < -0.39 is 15.6 Å². The molecule has 0 bridgehead atoms. The number of benzene rings is 1. The number of nitrogens with zero attached hydrogens (tertiary/aromatic N) is 1. The zero-order chi connectivity index (χ0) is 16.2. The van der Waals surface area contributed by atoms with Crippen LogP contribution in [0.25, 0.3) is 0 Å². The van der Waals surface area contributed by atoms with Gasteiger partial charge in [0.2, 0.25) is 0 Å². The second-order valence-corrected chi connectivity index (χ2v) is 6.78. The third-order valence-corrected chi connectivity index (χ3v) is 2.67. The Hall–Kier alpha value is -0.830. The molecule has 0 fully saturated rings. The highest BCUT2D eigenvalue weighted by Crippen LogP contribution is 2.20. The monoisotopic (exact) mass is 333 g/mol. The Balaban J connectivity index is 0.000000396.